The maximum Gasteiger partial charge on any atom is 0.276 e. The number of aromatic nitrogens is 2. The maximum atomic E-state index is 13.2. The zero-order chi connectivity index (χ0) is 20.4. The minimum Gasteiger partial charge on any atom is -0.339 e. The van der Waals surface area contributed by atoms with Crippen molar-refractivity contribution in [3.05, 3.63) is 71.7 Å². The Morgan fingerprint density at radius 2 is 1.76 bits per heavy atom. The van der Waals surface area contributed by atoms with Crippen LogP contribution in [0.1, 0.15) is 33.7 Å². The lowest BCUT2D eigenvalue weighted by molar-refractivity contribution is 0.0792. The molecule has 1 aliphatic rings. The fourth-order valence-electron chi connectivity index (χ4n) is 3.50. The Morgan fingerprint density at radius 3 is 2.48 bits per heavy atom. The summed E-state index contributed by atoms with van der Waals surface area (Å²) in [6, 6.07) is 14.6. The van der Waals surface area contributed by atoms with Crippen LogP contribution in [0.3, 0.4) is 0 Å². The number of aryl methyl sites for hydroxylation is 1. The summed E-state index contributed by atoms with van der Waals surface area (Å²) in [7, 11) is 1.73. The van der Waals surface area contributed by atoms with Crippen LogP contribution in [-0.2, 0) is 7.05 Å². The summed E-state index contributed by atoms with van der Waals surface area (Å²) >= 11 is 0. The standard InChI is InChI=1S/C22H21FN4O2/c1-26-20(15-7-9-17(23)10-8-15)14-19(25-26)21(28)24-18-6-4-5-16(13-18)22(29)27-11-2-3-12-27/h4-10,13-14H,2-3,11-12H2,1H3,(H,24,28). The predicted molar refractivity (Wildman–Crippen MR) is 108 cm³/mol. The van der Waals surface area contributed by atoms with Gasteiger partial charge in [-0.15, -0.1) is 0 Å². The van der Waals surface area contributed by atoms with Gasteiger partial charge in [0.1, 0.15) is 5.82 Å². The van der Waals surface area contributed by atoms with Gasteiger partial charge < -0.3 is 10.2 Å². The molecule has 2 heterocycles. The van der Waals surface area contributed by atoms with E-state index in [9.17, 15) is 14.0 Å². The van der Waals surface area contributed by atoms with E-state index in [0.29, 0.717) is 16.9 Å². The van der Waals surface area contributed by atoms with Crippen molar-refractivity contribution in [2.24, 2.45) is 7.05 Å². The molecular weight excluding hydrogens is 371 g/mol. The molecule has 29 heavy (non-hydrogen) atoms. The Labute approximate surface area is 167 Å². The predicted octanol–water partition coefficient (Wildman–Crippen LogP) is 3.71. The van der Waals surface area contributed by atoms with Gasteiger partial charge in [-0.2, -0.15) is 5.10 Å². The molecule has 3 aromatic rings. The van der Waals surface area contributed by atoms with E-state index < -0.39 is 0 Å². The Balaban J connectivity index is 1.51. The van der Waals surface area contributed by atoms with Gasteiger partial charge in [0.05, 0.1) is 5.69 Å². The van der Waals surface area contributed by atoms with Crippen molar-refractivity contribution in [3.63, 3.8) is 0 Å². The first-order chi connectivity index (χ1) is 14.0. The van der Waals surface area contributed by atoms with Crippen LogP contribution in [0.15, 0.2) is 54.6 Å². The number of carbonyl (C=O) groups is 2. The van der Waals surface area contributed by atoms with Gasteiger partial charge in [0.2, 0.25) is 0 Å². The van der Waals surface area contributed by atoms with Crippen molar-refractivity contribution in [1.82, 2.24) is 14.7 Å². The van der Waals surface area contributed by atoms with Crippen molar-refractivity contribution in [2.75, 3.05) is 18.4 Å². The summed E-state index contributed by atoms with van der Waals surface area (Å²) in [6.07, 6.45) is 2.05. The molecule has 1 fully saturated rings. The lowest BCUT2D eigenvalue weighted by atomic mass is 10.1. The minimum atomic E-state index is -0.375. The largest absolute Gasteiger partial charge is 0.339 e. The average Bonchev–Trinajstić information content (AvgIpc) is 3.38. The van der Waals surface area contributed by atoms with Crippen molar-refractivity contribution >= 4 is 17.5 Å². The Morgan fingerprint density at radius 1 is 1.03 bits per heavy atom. The number of likely N-dealkylation sites (tertiary alicyclic amines) is 1. The molecule has 1 saturated heterocycles. The van der Waals surface area contributed by atoms with Gasteiger partial charge in [0, 0.05) is 31.4 Å². The third-order valence-electron chi connectivity index (χ3n) is 5.01. The van der Waals surface area contributed by atoms with Crippen LogP contribution < -0.4 is 5.32 Å². The fourth-order valence-corrected chi connectivity index (χ4v) is 3.50. The first kappa shape index (κ1) is 18.9. The monoisotopic (exact) mass is 392 g/mol. The van der Waals surface area contributed by atoms with Gasteiger partial charge in [0.25, 0.3) is 11.8 Å². The first-order valence-electron chi connectivity index (χ1n) is 9.52. The van der Waals surface area contributed by atoms with Gasteiger partial charge >= 0.3 is 0 Å². The summed E-state index contributed by atoms with van der Waals surface area (Å²) in [5, 5.41) is 7.06. The Kier molecular flexibility index (Phi) is 5.12. The molecule has 6 nitrogen and oxygen atoms in total. The molecule has 148 valence electrons. The SMILES string of the molecule is Cn1nc(C(=O)Nc2cccc(C(=O)N3CCCC3)c2)cc1-c1ccc(F)cc1. The number of amides is 2. The van der Waals surface area contributed by atoms with Crippen LogP contribution in [0, 0.1) is 5.82 Å². The van der Waals surface area contributed by atoms with E-state index in [1.807, 2.05) is 4.90 Å². The van der Waals surface area contributed by atoms with Crippen molar-refractivity contribution < 1.29 is 14.0 Å². The summed E-state index contributed by atoms with van der Waals surface area (Å²) in [5.74, 6) is -0.716. The van der Waals surface area contributed by atoms with Crippen molar-refractivity contribution in [3.8, 4) is 11.3 Å². The highest BCUT2D eigenvalue weighted by molar-refractivity contribution is 6.04. The number of halogens is 1. The number of nitrogens with one attached hydrogen (secondary N) is 1. The molecule has 0 atom stereocenters. The highest BCUT2D eigenvalue weighted by Crippen LogP contribution is 2.21. The average molecular weight is 392 g/mol. The fraction of sp³-hybridized carbons (Fsp3) is 0.227. The van der Waals surface area contributed by atoms with E-state index in [0.717, 1.165) is 31.5 Å². The Hall–Kier alpha value is -3.48. The molecule has 1 aromatic heterocycles. The third kappa shape index (κ3) is 4.03. The number of carbonyl (C=O) groups excluding carboxylic acids is 2. The normalized spacial score (nSPS) is 13.5. The van der Waals surface area contributed by atoms with Crippen LogP contribution in [0.5, 0.6) is 0 Å². The molecule has 2 aromatic carbocycles. The lowest BCUT2D eigenvalue weighted by Crippen LogP contribution is -2.27. The number of anilines is 1. The van der Waals surface area contributed by atoms with E-state index >= 15 is 0 Å². The second-order valence-electron chi connectivity index (χ2n) is 7.08. The second kappa shape index (κ2) is 7.87. The molecule has 7 heteroatoms. The molecule has 0 bridgehead atoms. The van der Waals surface area contributed by atoms with Gasteiger partial charge in [0.15, 0.2) is 5.69 Å². The highest BCUT2D eigenvalue weighted by atomic mass is 19.1. The molecule has 0 radical (unpaired) electrons. The van der Waals surface area contributed by atoms with Crippen LogP contribution in [0.4, 0.5) is 10.1 Å². The Bertz CT molecular complexity index is 1050. The van der Waals surface area contributed by atoms with Crippen LogP contribution in [-0.4, -0.2) is 39.6 Å². The van der Waals surface area contributed by atoms with Crippen LogP contribution in [0.2, 0.25) is 0 Å². The first-order valence-corrected chi connectivity index (χ1v) is 9.52. The topological polar surface area (TPSA) is 67.2 Å². The van der Waals surface area contributed by atoms with Crippen molar-refractivity contribution in [2.45, 2.75) is 12.8 Å². The summed E-state index contributed by atoms with van der Waals surface area (Å²) in [6.45, 7) is 1.55. The summed E-state index contributed by atoms with van der Waals surface area (Å²) in [5.41, 5.74) is 2.79. The second-order valence-corrected chi connectivity index (χ2v) is 7.08. The number of nitrogens with zero attached hydrogens (tertiary/aromatic N) is 3. The van der Waals surface area contributed by atoms with E-state index in [1.165, 1.54) is 12.1 Å². The molecular formula is C22H21FN4O2. The van der Waals surface area contributed by atoms with Crippen LogP contribution >= 0.6 is 0 Å². The molecule has 0 aliphatic carbocycles. The number of hydrogen-bond donors (Lipinski definition) is 1. The molecule has 4 rings (SSSR count). The molecule has 0 saturated carbocycles. The van der Waals surface area contributed by atoms with Gasteiger partial charge in [-0.3, -0.25) is 14.3 Å². The van der Waals surface area contributed by atoms with Crippen molar-refractivity contribution in [1.29, 1.82) is 0 Å². The quantitative estimate of drug-likeness (QED) is 0.736. The third-order valence-corrected chi connectivity index (χ3v) is 5.01. The molecule has 0 unspecified atom stereocenters. The highest BCUT2D eigenvalue weighted by Gasteiger charge is 2.20. The molecule has 0 spiro atoms. The van der Waals surface area contributed by atoms with E-state index in [-0.39, 0.29) is 23.3 Å². The molecule has 2 amide bonds. The zero-order valence-electron chi connectivity index (χ0n) is 16.1. The van der Waals surface area contributed by atoms with E-state index in [2.05, 4.69) is 10.4 Å². The number of benzene rings is 2. The van der Waals surface area contributed by atoms with Gasteiger partial charge in [-0.1, -0.05) is 6.07 Å². The summed E-state index contributed by atoms with van der Waals surface area (Å²) in [4.78, 5) is 27.0. The van der Waals surface area contributed by atoms with Gasteiger partial charge in [-0.05, 0) is 66.9 Å². The van der Waals surface area contributed by atoms with E-state index in [4.69, 9.17) is 0 Å². The van der Waals surface area contributed by atoms with Crippen LogP contribution in [0.25, 0.3) is 11.3 Å². The smallest absolute Gasteiger partial charge is 0.276 e. The number of hydrogen-bond acceptors (Lipinski definition) is 3. The lowest BCUT2D eigenvalue weighted by Gasteiger charge is -2.15. The maximum absolute atomic E-state index is 13.2. The van der Waals surface area contributed by atoms with E-state index in [1.54, 1.807) is 54.2 Å². The zero-order valence-corrected chi connectivity index (χ0v) is 16.1. The molecule has 1 aliphatic heterocycles. The molecule has 1 N–H and O–H groups in total. The minimum absolute atomic E-state index is 0.0185. The van der Waals surface area contributed by atoms with Gasteiger partial charge in [-0.25, -0.2) is 4.39 Å². The number of rotatable bonds is 4. The summed E-state index contributed by atoms with van der Waals surface area (Å²) < 4.78 is 14.7.